The smallest absolute Gasteiger partial charge is 0.246 e. The van der Waals surface area contributed by atoms with Crippen LogP contribution in [0.15, 0.2) is 77.5 Å². The van der Waals surface area contributed by atoms with Crippen LogP contribution in [0.1, 0.15) is 18.4 Å². The second-order valence-electron chi connectivity index (χ2n) is 11.8. The molecule has 1 amide bonds. The van der Waals surface area contributed by atoms with E-state index in [4.69, 9.17) is 27.9 Å². The standard InChI is InChI=1S/C35H34ClFN6O2/c1-4-31(44)43-16-15-42(20-25(43)19-39-2)34-27-12-10-23(26-9-5-7-22-11-13-29(37)33(36)32(22)26)17-30(27)40-35(28(34)18-38)45-21-24-8-6-14-41(24)3/h4-5,7,9-13,17,24-25,27,30H,1,6,8,14-16,19-21H2,3H3/t24-,25-,27?,30?/m0/s1. The third-order valence-corrected chi connectivity index (χ3v) is 9.65. The molecule has 4 atom stereocenters. The lowest BCUT2D eigenvalue weighted by atomic mass is 9.82. The number of hydrogen-bond donors (Lipinski definition) is 0. The first-order valence-electron chi connectivity index (χ1n) is 15.2. The summed E-state index contributed by atoms with van der Waals surface area (Å²) < 4.78 is 20.9. The van der Waals surface area contributed by atoms with Crippen molar-refractivity contribution in [2.75, 3.05) is 46.4 Å². The number of likely N-dealkylation sites (N-methyl/N-ethyl adjacent to an activating group) is 1. The fourth-order valence-corrected chi connectivity index (χ4v) is 7.21. The van der Waals surface area contributed by atoms with Gasteiger partial charge in [-0.2, -0.15) is 5.26 Å². The summed E-state index contributed by atoms with van der Waals surface area (Å²) in [5.74, 6) is -0.665. The van der Waals surface area contributed by atoms with E-state index in [1.54, 1.807) is 11.0 Å². The molecule has 0 saturated carbocycles. The molecule has 230 valence electrons. The van der Waals surface area contributed by atoms with Crippen LogP contribution >= 0.6 is 11.6 Å². The van der Waals surface area contributed by atoms with Crippen LogP contribution < -0.4 is 0 Å². The lowest BCUT2D eigenvalue weighted by Gasteiger charge is -2.44. The summed E-state index contributed by atoms with van der Waals surface area (Å²) in [4.78, 5) is 27.3. The second-order valence-corrected chi connectivity index (χ2v) is 12.2. The van der Waals surface area contributed by atoms with E-state index in [2.05, 4.69) is 34.3 Å². The summed E-state index contributed by atoms with van der Waals surface area (Å²) >= 11 is 6.49. The quantitative estimate of drug-likeness (QED) is 0.314. The zero-order valence-corrected chi connectivity index (χ0v) is 25.9. The molecule has 1 aliphatic carbocycles. The Morgan fingerprint density at radius 1 is 1.29 bits per heavy atom. The number of dihydropyridines is 1. The van der Waals surface area contributed by atoms with Crippen LogP contribution in [0.3, 0.4) is 0 Å². The highest BCUT2D eigenvalue weighted by Gasteiger charge is 2.41. The molecule has 3 heterocycles. The Hall–Kier alpha value is -4.44. The van der Waals surface area contributed by atoms with E-state index in [0.717, 1.165) is 41.6 Å². The molecule has 2 fully saturated rings. The number of ether oxygens (including phenoxy) is 1. The molecule has 45 heavy (non-hydrogen) atoms. The van der Waals surface area contributed by atoms with E-state index in [1.165, 1.54) is 12.1 Å². The van der Waals surface area contributed by atoms with Gasteiger partial charge in [-0.25, -0.2) is 16.0 Å². The number of benzene rings is 2. The summed E-state index contributed by atoms with van der Waals surface area (Å²) in [5.41, 5.74) is 2.79. The third-order valence-electron chi connectivity index (χ3n) is 9.28. The summed E-state index contributed by atoms with van der Waals surface area (Å²) in [6.45, 7) is 14.0. The van der Waals surface area contributed by atoms with Gasteiger partial charge in [0.25, 0.3) is 0 Å². The van der Waals surface area contributed by atoms with Gasteiger partial charge in [0.05, 0.1) is 11.1 Å². The first kappa shape index (κ1) is 30.6. The zero-order valence-electron chi connectivity index (χ0n) is 25.1. The molecule has 4 aliphatic rings. The average Bonchev–Trinajstić information content (AvgIpc) is 3.48. The van der Waals surface area contributed by atoms with Gasteiger partial charge in [0.15, 0.2) is 0 Å². The van der Waals surface area contributed by atoms with Gasteiger partial charge < -0.3 is 24.3 Å². The Balaban J connectivity index is 1.40. The number of rotatable bonds is 6. The minimum absolute atomic E-state index is 0.0709. The minimum Gasteiger partial charge on any atom is -0.475 e. The van der Waals surface area contributed by atoms with Crippen molar-refractivity contribution in [2.24, 2.45) is 10.9 Å². The highest BCUT2D eigenvalue weighted by molar-refractivity contribution is 6.36. The van der Waals surface area contributed by atoms with E-state index in [0.29, 0.717) is 43.1 Å². The molecule has 2 saturated heterocycles. The molecule has 0 bridgehead atoms. The molecule has 0 aromatic heterocycles. The highest BCUT2D eigenvalue weighted by Crippen LogP contribution is 2.40. The maximum atomic E-state index is 14.6. The summed E-state index contributed by atoms with van der Waals surface area (Å²) in [7, 11) is 2.08. The van der Waals surface area contributed by atoms with Gasteiger partial charge in [-0.1, -0.05) is 60.7 Å². The van der Waals surface area contributed by atoms with Crippen molar-refractivity contribution in [3.63, 3.8) is 0 Å². The molecule has 0 N–H and O–H groups in total. The van der Waals surface area contributed by atoms with Crippen molar-refractivity contribution < 1.29 is 13.9 Å². The number of amides is 1. The third kappa shape index (κ3) is 5.75. The fourth-order valence-electron chi connectivity index (χ4n) is 6.93. The van der Waals surface area contributed by atoms with Crippen molar-refractivity contribution in [2.45, 2.75) is 31.0 Å². The SMILES string of the molecule is [C-]#[N+]C[C@H]1CN(C2=C(C#N)C(OC[C@@H]3CCCN3C)=NC3C=C(c4cccc5ccc(F)c(Cl)c45)C=CC23)CCN1C(=O)C=C. The Morgan fingerprint density at radius 3 is 2.87 bits per heavy atom. The number of nitriles is 1. The van der Waals surface area contributed by atoms with Crippen LogP contribution in [0.4, 0.5) is 4.39 Å². The largest absolute Gasteiger partial charge is 0.475 e. The maximum Gasteiger partial charge on any atom is 0.246 e. The Labute approximate surface area is 267 Å². The first-order chi connectivity index (χ1) is 21.8. The molecular weight excluding hydrogens is 591 g/mol. The van der Waals surface area contributed by atoms with E-state index >= 15 is 0 Å². The zero-order chi connectivity index (χ0) is 31.7. The van der Waals surface area contributed by atoms with Crippen LogP contribution in [-0.2, 0) is 9.53 Å². The molecule has 8 nitrogen and oxygen atoms in total. The first-order valence-corrected chi connectivity index (χ1v) is 15.6. The Kier molecular flexibility index (Phi) is 8.76. The van der Waals surface area contributed by atoms with Crippen molar-refractivity contribution in [3.05, 3.63) is 100 Å². The molecule has 0 spiro atoms. The predicted octanol–water partition coefficient (Wildman–Crippen LogP) is 5.49. The van der Waals surface area contributed by atoms with Gasteiger partial charge in [-0.15, -0.1) is 0 Å². The van der Waals surface area contributed by atoms with Gasteiger partial charge in [0, 0.05) is 42.7 Å². The van der Waals surface area contributed by atoms with Gasteiger partial charge in [-0.3, -0.25) is 4.79 Å². The van der Waals surface area contributed by atoms with Crippen LogP contribution in [0.5, 0.6) is 0 Å². The van der Waals surface area contributed by atoms with E-state index < -0.39 is 11.9 Å². The molecule has 0 radical (unpaired) electrons. The van der Waals surface area contributed by atoms with Gasteiger partial charge in [-0.05, 0) is 55.1 Å². The number of aliphatic imine (C=N–C) groups is 1. The number of allylic oxidation sites excluding steroid dienone is 2. The molecule has 2 unspecified atom stereocenters. The Bertz CT molecular complexity index is 1750. The second kappa shape index (κ2) is 12.9. The summed E-state index contributed by atoms with van der Waals surface area (Å²) in [5, 5.41) is 12.1. The number of nitrogens with zero attached hydrogens (tertiary/aromatic N) is 6. The van der Waals surface area contributed by atoms with Crippen molar-refractivity contribution >= 4 is 39.8 Å². The van der Waals surface area contributed by atoms with Crippen LogP contribution in [-0.4, -0.2) is 91.0 Å². The predicted molar refractivity (Wildman–Crippen MR) is 174 cm³/mol. The summed E-state index contributed by atoms with van der Waals surface area (Å²) in [6.07, 6.45) is 9.44. The number of likely N-dealkylation sites (tertiary alicyclic amines) is 1. The number of halogens is 2. The number of carbonyl (C=O) groups is 1. The topological polar surface area (TPSA) is 76.5 Å². The highest BCUT2D eigenvalue weighted by atomic mass is 35.5. The number of fused-ring (bicyclic) bond motifs is 2. The molecule has 3 aliphatic heterocycles. The summed E-state index contributed by atoms with van der Waals surface area (Å²) in [6, 6.07) is 10.7. The van der Waals surface area contributed by atoms with Gasteiger partial charge >= 0.3 is 0 Å². The van der Waals surface area contributed by atoms with Crippen molar-refractivity contribution in [1.29, 1.82) is 5.26 Å². The molecular formula is C35H34ClFN6O2. The fraction of sp³-hybridized carbons (Fsp3) is 0.371. The van der Waals surface area contributed by atoms with Crippen molar-refractivity contribution in [3.8, 4) is 6.07 Å². The molecule has 2 aromatic carbocycles. The van der Waals surface area contributed by atoms with Crippen LogP contribution in [0.2, 0.25) is 5.02 Å². The number of carbonyl (C=O) groups excluding carboxylic acids is 1. The van der Waals surface area contributed by atoms with E-state index in [1.807, 2.05) is 36.4 Å². The number of hydrogen-bond acceptors (Lipinski definition) is 6. The normalized spacial score (nSPS) is 24.9. The van der Waals surface area contributed by atoms with Crippen LogP contribution in [0.25, 0.3) is 21.2 Å². The monoisotopic (exact) mass is 624 g/mol. The lowest BCUT2D eigenvalue weighted by Crippen LogP contribution is -2.57. The number of piperazine rings is 1. The van der Waals surface area contributed by atoms with E-state index in [-0.39, 0.29) is 35.5 Å². The maximum absolute atomic E-state index is 14.6. The Morgan fingerprint density at radius 2 is 2.13 bits per heavy atom. The molecule has 10 heteroatoms. The van der Waals surface area contributed by atoms with Crippen LogP contribution in [0, 0.1) is 29.6 Å². The van der Waals surface area contributed by atoms with E-state index in [9.17, 15) is 14.4 Å². The minimum atomic E-state index is -0.481. The van der Waals surface area contributed by atoms with Crippen molar-refractivity contribution in [1.82, 2.24) is 14.7 Å². The van der Waals surface area contributed by atoms with Gasteiger partial charge in [0.2, 0.25) is 18.3 Å². The lowest BCUT2D eigenvalue weighted by molar-refractivity contribution is -0.130. The molecule has 6 rings (SSSR count). The van der Waals surface area contributed by atoms with Gasteiger partial charge in [0.1, 0.15) is 30.1 Å². The average molecular weight is 625 g/mol. The molecule has 2 aromatic rings.